The van der Waals surface area contributed by atoms with E-state index in [1.807, 2.05) is 4.90 Å². The maximum atomic E-state index is 11.4. The number of para-hydroxylation sites is 1. The first kappa shape index (κ1) is 14.3. The number of thiophene rings is 1. The van der Waals surface area contributed by atoms with Gasteiger partial charge in [-0.1, -0.05) is 12.1 Å². The summed E-state index contributed by atoms with van der Waals surface area (Å²) in [7, 11) is 0. The first-order valence-electron chi connectivity index (χ1n) is 7.46. The highest BCUT2D eigenvalue weighted by molar-refractivity contribution is 7.08. The topological polar surface area (TPSA) is 36.9 Å². The fraction of sp³-hybridized carbons (Fsp3) is 0.353. The highest BCUT2D eigenvalue weighted by Gasteiger charge is 2.24. The van der Waals surface area contributed by atoms with Gasteiger partial charge in [0.15, 0.2) is 0 Å². The lowest BCUT2D eigenvalue weighted by Crippen LogP contribution is -2.86. The van der Waals surface area contributed by atoms with Crippen LogP contribution in [0.3, 0.4) is 0 Å². The Balaban J connectivity index is 1.70. The van der Waals surface area contributed by atoms with E-state index in [1.54, 1.807) is 18.3 Å². The first-order chi connectivity index (χ1) is 10.2. The molecule has 21 heavy (non-hydrogen) atoms. The molecule has 0 atom stereocenters. The maximum Gasteiger partial charge on any atom is 0.219 e. The molecule has 1 fully saturated rings. The van der Waals surface area contributed by atoms with Crippen LogP contribution in [0.2, 0.25) is 0 Å². The van der Waals surface area contributed by atoms with E-state index >= 15 is 0 Å². The molecule has 0 bridgehead atoms. The number of hydrogen-bond acceptors (Lipinski definition) is 2. The van der Waals surface area contributed by atoms with Gasteiger partial charge in [0.25, 0.3) is 0 Å². The number of hydrogen-bond donors (Lipinski definition) is 1. The molecular formula is C17H21N2OS+. The van der Waals surface area contributed by atoms with Crippen LogP contribution in [-0.4, -0.2) is 29.9 Å². The van der Waals surface area contributed by atoms with Gasteiger partial charge >= 0.3 is 0 Å². The number of nitrogens with two attached hydrogens (primary N) is 1. The number of quaternary nitrogens is 1. The second-order valence-electron chi connectivity index (χ2n) is 5.61. The van der Waals surface area contributed by atoms with Crippen molar-refractivity contribution in [2.75, 3.05) is 13.1 Å². The minimum Gasteiger partial charge on any atom is -0.342 e. The molecule has 4 heteroatoms. The average molecular weight is 301 g/mol. The molecule has 3 nitrogen and oxygen atoms in total. The largest absolute Gasteiger partial charge is 0.342 e. The van der Waals surface area contributed by atoms with Crippen LogP contribution in [0.5, 0.6) is 0 Å². The van der Waals surface area contributed by atoms with Gasteiger partial charge in [-0.25, -0.2) is 0 Å². The predicted octanol–water partition coefficient (Wildman–Crippen LogP) is 2.62. The Bertz CT molecular complexity index is 601. The van der Waals surface area contributed by atoms with Gasteiger partial charge in [-0.3, -0.25) is 4.79 Å². The number of likely N-dealkylation sites (tertiary alicyclic amines) is 1. The lowest BCUT2D eigenvalue weighted by molar-refractivity contribution is -0.613. The molecule has 1 aromatic carbocycles. The monoisotopic (exact) mass is 301 g/mol. The Morgan fingerprint density at radius 1 is 1.24 bits per heavy atom. The second-order valence-corrected chi connectivity index (χ2v) is 6.39. The summed E-state index contributed by atoms with van der Waals surface area (Å²) in [6.45, 7) is 3.43. The van der Waals surface area contributed by atoms with E-state index < -0.39 is 0 Å². The summed E-state index contributed by atoms with van der Waals surface area (Å²) in [6.07, 6.45) is 2.13. The zero-order valence-corrected chi connectivity index (χ0v) is 13.1. The SMILES string of the molecule is CC(=O)N1CCC([NH2+]c2ccccc2-c2ccsc2)CC1. The van der Waals surface area contributed by atoms with Crippen molar-refractivity contribution in [3.63, 3.8) is 0 Å². The van der Waals surface area contributed by atoms with Gasteiger partial charge < -0.3 is 10.2 Å². The van der Waals surface area contributed by atoms with Gasteiger partial charge in [0, 0.05) is 38.4 Å². The number of benzene rings is 1. The quantitative estimate of drug-likeness (QED) is 0.869. The third-order valence-corrected chi connectivity index (χ3v) is 4.88. The molecule has 1 amide bonds. The second kappa shape index (κ2) is 6.41. The minimum absolute atomic E-state index is 0.201. The standard InChI is InChI=1S/C17H20N2OS/c1-13(20)19-9-6-15(7-10-19)18-17-5-3-2-4-16(17)14-8-11-21-12-14/h2-5,8,11-12,15,18H,6-7,9-10H2,1H3/p+1. The van der Waals surface area contributed by atoms with Crippen molar-refractivity contribution in [3.8, 4) is 11.1 Å². The number of carbonyl (C=O) groups is 1. The maximum absolute atomic E-state index is 11.4. The Hall–Kier alpha value is -1.65. The molecule has 2 N–H and O–H groups in total. The van der Waals surface area contributed by atoms with Crippen molar-refractivity contribution >= 4 is 22.9 Å². The Labute approximate surface area is 129 Å². The molecule has 2 heterocycles. The molecule has 1 aromatic heterocycles. The molecule has 0 saturated carbocycles. The fourth-order valence-corrected chi connectivity index (χ4v) is 3.61. The van der Waals surface area contributed by atoms with E-state index in [4.69, 9.17) is 0 Å². The molecule has 1 aliphatic rings. The van der Waals surface area contributed by atoms with Crippen molar-refractivity contribution in [2.24, 2.45) is 0 Å². The van der Waals surface area contributed by atoms with Crippen molar-refractivity contribution in [2.45, 2.75) is 25.8 Å². The van der Waals surface area contributed by atoms with Crippen LogP contribution in [0.4, 0.5) is 5.69 Å². The zero-order valence-electron chi connectivity index (χ0n) is 12.3. The van der Waals surface area contributed by atoms with Gasteiger partial charge in [-0.05, 0) is 34.5 Å². The minimum atomic E-state index is 0.201. The van der Waals surface area contributed by atoms with Crippen LogP contribution < -0.4 is 5.32 Å². The lowest BCUT2D eigenvalue weighted by Gasteiger charge is -2.30. The van der Waals surface area contributed by atoms with Gasteiger partial charge in [0.1, 0.15) is 5.69 Å². The van der Waals surface area contributed by atoms with Crippen LogP contribution in [0.1, 0.15) is 19.8 Å². The number of rotatable bonds is 3. The van der Waals surface area contributed by atoms with E-state index in [1.165, 1.54) is 16.8 Å². The van der Waals surface area contributed by atoms with Crippen molar-refractivity contribution < 1.29 is 10.1 Å². The number of piperidine rings is 1. The van der Waals surface area contributed by atoms with Crippen LogP contribution in [0.15, 0.2) is 41.1 Å². The average Bonchev–Trinajstić information content (AvgIpc) is 3.02. The molecule has 0 spiro atoms. The van der Waals surface area contributed by atoms with Crippen molar-refractivity contribution in [3.05, 3.63) is 41.1 Å². The van der Waals surface area contributed by atoms with Crippen LogP contribution >= 0.6 is 11.3 Å². The van der Waals surface area contributed by atoms with Gasteiger partial charge in [0.05, 0.1) is 6.04 Å². The summed E-state index contributed by atoms with van der Waals surface area (Å²) in [5.41, 5.74) is 3.93. The normalized spacial score (nSPS) is 16.1. The third-order valence-electron chi connectivity index (χ3n) is 4.19. The number of nitrogens with zero attached hydrogens (tertiary/aromatic N) is 1. The zero-order chi connectivity index (χ0) is 14.7. The number of carbonyl (C=O) groups excluding carboxylic acids is 1. The molecule has 1 aliphatic heterocycles. The summed E-state index contributed by atoms with van der Waals surface area (Å²) in [5, 5.41) is 6.72. The fourth-order valence-electron chi connectivity index (χ4n) is 2.96. The van der Waals surface area contributed by atoms with E-state index in [0.29, 0.717) is 6.04 Å². The molecule has 2 aromatic rings. The van der Waals surface area contributed by atoms with Gasteiger partial charge in [-0.2, -0.15) is 11.3 Å². The van der Waals surface area contributed by atoms with Crippen LogP contribution in [0.25, 0.3) is 11.1 Å². The van der Waals surface area contributed by atoms with E-state index in [9.17, 15) is 4.79 Å². The molecule has 110 valence electrons. The summed E-state index contributed by atoms with van der Waals surface area (Å²) >= 11 is 1.73. The third kappa shape index (κ3) is 3.34. The molecule has 1 saturated heterocycles. The van der Waals surface area contributed by atoms with E-state index in [2.05, 4.69) is 46.4 Å². The Kier molecular flexibility index (Phi) is 4.36. The van der Waals surface area contributed by atoms with Gasteiger partial charge in [0.2, 0.25) is 5.91 Å². The summed E-state index contributed by atoms with van der Waals surface area (Å²) in [4.78, 5) is 13.3. The predicted molar refractivity (Wildman–Crippen MR) is 86.6 cm³/mol. The summed E-state index contributed by atoms with van der Waals surface area (Å²) in [6, 6.07) is 11.3. The molecule has 0 unspecified atom stereocenters. The molecular weight excluding hydrogens is 280 g/mol. The smallest absolute Gasteiger partial charge is 0.219 e. The number of amides is 1. The molecule has 3 rings (SSSR count). The highest BCUT2D eigenvalue weighted by atomic mass is 32.1. The highest BCUT2D eigenvalue weighted by Crippen LogP contribution is 2.27. The lowest BCUT2D eigenvalue weighted by atomic mass is 10.0. The van der Waals surface area contributed by atoms with E-state index in [0.717, 1.165) is 25.9 Å². The van der Waals surface area contributed by atoms with Crippen LogP contribution in [0, 0.1) is 0 Å². The van der Waals surface area contributed by atoms with Crippen molar-refractivity contribution in [1.29, 1.82) is 0 Å². The Morgan fingerprint density at radius 3 is 2.67 bits per heavy atom. The summed E-state index contributed by atoms with van der Waals surface area (Å²) < 4.78 is 0. The van der Waals surface area contributed by atoms with Crippen LogP contribution in [-0.2, 0) is 4.79 Å². The summed E-state index contributed by atoms with van der Waals surface area (Å²) in [5.74, 6) is 0.201. The first-order valence-corrected chi connectivity index (χ1v) is 8.40. The Morgan fingerprint density at radius 2 is 2.00 bits per heavy atom. The van der Waals surface area contributed by atoms with Gasteiger partial charge in [-0.15, -0.1) is 0 Å². The molecule has 0 radical (unpaired) electrons. The van der Waals surface area contributed by atoms with E-state index in [-0.39, 0.29) is 5.91 Å². The van der Waals surface area contributed by atoms with Crippen molar-refractivity contribution in [1.82, 2.24) is 4.90 Å². The molecule has 0 aliphatic carbocycles.